The highest BCUT2D eigenvalue weighted by atomic mass is 32.1. The van der Waals surface area contributed by atoms with Crippen molar-refractivity contribution in [3.05, 3.63) is 51.9 Å². The zero-order chi connectivity index (χ0) is 18.2. The Morgan fingerprint density at radius 3 is 2.72 bits per heavy atom. The van der Waals surface area contributed by atoms with Crippen LogP contribution in [0.5, 0.6) is 5.75 Å². The monoisotopic (exact) mass is 369 g/mol. The van der Waals surface area contributed by atoms with Gasteiger partial charge in [0.2, 0.25) is 0 Å². The van der Waals surface area contributed by atoms with Gasteiger partial charge in [-0.25, -0.2) is 4.98 Å². The lowest BCUT2D eigenvalue weighted by atomic mass is 10.2. The Kier molecular flexibility index (Phi) is 4.21. The first-order chi connectivity index (χ1) is 11.7. The van der Waals surface area contributed by atoms with Crippen molar-refractivity contribution in [3.63, 3.8) is 0 Å². The molecule has 0 aliphatic carbocycles. The highest BCUT2D eigenvalue weighted by molar-refractivity contribution is 7.22. The van der Waals surface area contributed by atoms with Crippen molar-refractivity contribution < 1.29 is 22.7 Å². The number of pyridine rings is 1. The summed E-state index contributed by atoms with van der Waals surface area (Å²) in [7, 11) is 0. The fourth-order valence-corrected chi connectivity index (χ4v) is 2.96. The zero-order valence-electron chi connectivity index (χ0n) is 12.6. The van der Waals surface area contributed by atoms with Gasteiger partial charge in [0, 0.05) is 11.8 Å². The number of anilines is 1. The van der Waals surface area contributed by atoms with Crippen LogP contribution in [-0.4, -0.2) is 22.2 Å². The Labute approximate surface area is 142 Å². The molecule has 2 aromatic heterocycles. The number of carbonyl (C=O) groups excluding carboxylic acids is 1. The first-order valence-corrected chi connectivity index (χ1v) is 7.70. The van der Waals surface area contributed by atoms with Crippen LogP contribution in [0.15, 0.2) is 35.1 Å². The number of benzene rings is 1. The lowest BCUT2D eigenvalue weighted by Gasteiger charge is -2.07. The van der Waals surface area contributed by atoms with Gasteiger partial charge in [0.25, 0.3) is 11.5 Å². The molecule has 1 amide bonds. The Morgan fingerprint density at radius 2 is 2.04 bits per heavy atom. The molecule has 0 bridgehead atoms. The van der Waals surface area contributed by atoms with E-state index >= 15 is 0 Å². The Morgan fingerprint density at radius 1 is 1.28 bits per heavy atom. The van der Waals surface area contributed by atoms with Crippen molar-refractivity contribution in [2.24, 2.45) is 0 Å². The summed E-state index contributed by atoms with van der Waals surface area (Å²) in [5.41, 5.74) is 0.372. The fraction of sp³-hybridized carbons (Fsp3) is 0.133. The number of rotatable bonds is 3. The number of ether oxygens (including phenoxy) is 1. The Balaban J connectivity index is 1.84. The number of H-pyrrole nitrogens is 1. The smallest absolute Gasteiger partial charge is 0.406 e. The minimum Gasteiger partial charge on any atom is -0.406 e. The third-order valence-electron chi connectivity index (χ3n) is 3.11. The van der Waals surface area contributed by atoms with E-state index in [0.717, 1.165) is 17.4 Å². The van der Waals surface area contributed by atoms with Gasteiger partial charge in [0.1, 0.15) is 11.3 Å². The van der Waals surface area contributed by atoms with Gasteiger partial charge in [-0.3, -0.25) is 14.9 Å². The highest BCUT2D eigenvalue weighted by Gasteiger charge is 2.31. The molecule has 0 atom stereocenters. The van der Waals surface area contributed by atoms with E-state index in [-0.39, 0.29) is 16.4 Å². The maximum Gasteiger partial charge on any atom is 0.573 e. The second-order valence-corrected chi connectivity index (χ2v) is 6.07. The predicted octanol–water partition coefficient (Wildman–Crippen LogP) is 3.44. The SMILES string of the molecule is Cc1ccc(C(=O)Nc2nc3ccc(OC(F)(F)F)cc3s2)c(=O)[nH]1. The third kappa shape index (κ3) is 3.97. The zero-order valence-corrected chi connectivity index (χ0v) is 13.4. The predicted molar refractivity (Wildman–Crippen MR) is 86.1 cm³/mol. The Bertz CT molecular complexity index is 1010. The number of fused-ring (bicyclic) bond motifs is 1. The van der Waals surface area contributed by atoms with Crippen LogP contribution in [0.25, 0.3) is 10.2 Å². The van der Waals surface area contributed by atoms with Gasteiger partial charge in [0.05, 0.1) is 10.2 Å². The molecule has 0 radical (unpaired) electrons. The van der Waals surface area contributed by atoms with Gasteiger partial charge >= 0.3 is 6.36 Å². The van der Waals surface area contributed by atoms with Crippen LogP contribution in [0.4, 0.5) is 18.3 Å². The summed E-state index contributed by atoms with van der Waals surface area (Å²) in [6.07, 6.45) is -4.79. The van der Waals surface area contributed by atoms with Gasteiger partial charge in [-0.2, -0.15) is 0 Å². The molecule has 2 N–H and O–H groups in total. The number of aromatic amines is 1. The Hall–Kier alpha value is -2.88. The molecular formula is C15H10F3N3O3S. The summed E-state index contributed by atoms with van der Waals surface area (Å²) < 4.78 is 41.0. The van der Waals surface area contributed by atoms with Crippen molar-refractivity contribution in [2.45, 2.75) is 13.3 Å². The van der Waals surface area contributed by atoms with Crippen LogP contribution < -0.4 is 15.6 Å². The van der Waals surface area contributed by atoms with Crippen molar-refractivity contribution in [3.8, 4) is 5.75 Å². The van der Waals surface area contributed by atoms with Gasteiger partial charge in [0.15, 0.2) is 5.13 Å². The number of amides is 1. The van der Waals surface area contributed by atoms with Crippen molar-refractivity contribution in [1.82, 2.24) is 9.97 Å². The van der Waals surface area contributed by atoms with E-state index in [4.69, 9.17) is 0 Å². The molecule has 25 heavy (non-hydrogen) atoms. The van der Waals surface area contributed by atoms with Crippen LogP contribution >= 0.6 is 11.3 Å². The number of aryl methyl sites for hydroxylation is 1. The number of nitrogens with one attached hydrogen (secondary N) is 2. The lowest BCUT2D eigenvalue weighted by Crippen LogP contribution is -2.23. The first kappa shape index (κ1) is 17.0. The van der Waals surface area contributed by atoms with Gasteiger partial charge < -0.3 is 9.72 Å². The molecule has 3 rings (SSSR count). The molecule has 0 fully saturated rings. The minimum absolute atomic E-state index is 0.0917. The molecule has 6 nitrogen and oxygen atoms in total. The molecule has 0 saturated heterocycles. The summed E-state index contributed by atoms with van der Waals surface area (Å²) in [6.45, 7) is 1.68. The van der Waals surface area contributed by atoms with Crippen LogP contribution in [0.3, 0.4) is 0 Å². The quantitative estimate of drug-likeness (QED) is 0.741. The van der Waals surface area contributed by atoms with E-state index in [9.17, 15) is 22.8 Å². The second-order valence-electron chi connectivity index (χ2n) is 5.03. The standard InChI is InChI=1S/C15H10F3N3O3S/c1-7-2-4-9(12(22)19-7)13(23)21-14-20-10-5-3-8(6-11(10)25-14)24-15(16,17)18/h2-6H,1H3,(H,19,22)(H,20,21,23). The summed E-state index contributed by atoms with van der Waals surface area (Å²) in [6, 6.07) is 6.61. The number of hydrogen-bond donors (Lipinski definition) is 2. The van der Waals surface area contributed by atoms with Crippen molar-refractivity contribution >= 4 is 32.6 Å². The molecule has 0 spiro atoms. The van der Waals surface area contributed by atoms with Crippen LogP contribution in [-0.2, 0) is 0 Å². The number of nitrogens with zero attached hydrogens (tertiary/aromatic N) is 1. The van der Waals surface area contributed by atoms with Crippen molar-refractivity contribution in [2.75, 3.05) is 5.32 Å². The average Bonchev–Trinajstić information content (AvgIpc) is 2.86. The average molecular weight is 369 g/mol. The van der Waals surface area contributed by atoms with E-state index in [0.29, 0.717) is 15.9 Å². The number of halogens is 3. The van der Waals surface area contributed by atoms with E-state index in [1.165, 1.54) is 18.2 Å². The second kappa shape index (κ2) is 6.20. The van der Waals surface area contributed by atoms with E-state index in [1.54, 1.807) is 13.0 Å². The van der Waals surface area contributed by atoms with E-state index in [1.807, 2.05) is 0 Å². The third-order valence-corrected chi connectivity index (χ3v) is 4.05. The molecule has 130 valence electrons. The summed E-state index contributed by atoms with van der Waals surface area (Å²) >= 11 is 0.967. The van der Waals surface area contributed by atoms with E-state index < -0.39 is 17.8 Å². The first-order valence-electron chi connectivity index (χ1n) is 6.89. The lowest BCUT2D eigenvalue weighted by molar-refractivity contribution is -0.274. The van der Waals surface area contributed by atoms with E-state index in [2.05, 4.69) is 20.0 Å². The topological polar surface area (TPSA) is 84.1 Å². The molecular weight excluding hydrogens is 359 g/mol. The maximum absolute atomic E-state index is 12.2. The highest BCUT2D eigenvalue weighted by Crippen LogP contribution is 2.31. The maximum atomic E-state index is 12.2. The number of hydrogen-bond acceptors (Lipinski definition) is 5. The largest absolute Gasteiger partial charge is 0.573 e. The molecule has 0 aliphatic rings. The molecule has 0 saturated carbocycles. The number of alkyl halides is 3. The van der Waals surface area contributed by atoms with Crippen LogP contribution in [0.2, 0.25) is 0 Å². The van der Waals surface area contributed by atoms with Gasteiger partial charge in [-0.15, -0.1) is 13.2 Å². The summed E-state index contributed by atoms with van der Waals surface area (Å²) in [5, 5.41) is 2.62. The fourth-order valence-electron chi connectivity index (χ4n) is 2.07. The molecule has 3 aromatic rings. The van der Waals surface area contributed by atoms with Crippen molar-refractivity contribution in [1.29, 1.82) is 0 Å². The van der Waals surface area contributed by atoms with Gasteiger partial charge in [-0.05, 0) is 31.2 Å². The van der Waals surface area contributed by atoms with Gasteiger partial charge in [-0.1, -0.05) is 11.3 Å². The normalized spacial score (nSPS) is 11.5. The number of aromatic nitrogens is 2. The summed E-state index contributed by atoms with van der Waals surface area (Å²) in [5.74, 6) is -1.04. The molecule has 2 heterocycles. The molecule has 10 heteroatoms. The molecule has 0 unspecified atom stereocenters. The number of thiazole rings is 1. The summed E-state index contributed by atoms with van der Waals surface area (Å²) in [4.78, 5) is 30.5. The molecule has 0 aliphatic heterocycles. The van der Waals surface area contributed by atoms with Crippen LogP contribution in [0.1, 0.15) is 16.1 Å². The number of carbonyl (C=O) groups is 1. The minimum atomic E-state index is -4.79. The molecule has 1 aromatic carbocycles. The van der Waals surface area contributed by atoms with Crippen LogP contribution in [0, 0.1) is 6.92 Å².